The number of hydrogen-bond acceptors (Lipinski definition) is 5. The van der Waals surface area contributed by atoms with Crippen LogP contribution in [0.5, 0.6) is 0 Å². The lowest BCUT2D eigenvalue weighted by molar-refractivity contribution is -0.113. The highest BCUT2D eigenvalue weighted by Gasteiger charge is 2.15. The fraction of sp³-hybridized carbons (Fsp3) is 0.304. The number of anilines is 1. The summed E-state index contributed by atoms with van der Waals surface area (Å²) in [5, 5.41) is 14.8. The van der Waals surface area contributed by atoms with Crippen molar-refractivity contribution in [2.45, 2.75) is 38.4 Å². The van der Waals surface area contributed by atoms with Crippen molar-refractivity contribution >= 4 is 51.9 Å². The largest absolute Gasteiger partial charge is 0.345 e. The third-order valence-corrected chi connectivity index (χ3v) is 6.58. The zero-order valence-electron chi connectivity index (χ0n) is 18.5. The molecule has 0 radical (unpaired) electrons. The van der Waals surface area contributed by atoms with E-state index in [9.17, 15) is 9.59 Å². The van der Waals surface area contributed by atoms with E-state index >= 15 is 0 Å². The van der Waals surface area contributed by atoms with E-state index in [0.717, 1.165) is 20.4 Å². The molecule has 1 heterocycles. The Morgan fingerprint density at radius 2 is 1.84 bits per heavy atom. The molecule has 0 fully saturated rings. The summed E-state index contributed by atoms with van der Waals surface area (Å²) in [5.41, 5.74) is 3.65. The van der Waals surface area contributed by atoms with E-state index in [0.29, 0.717) is 22.5 Å². The molecule has 32 heavy (non-hydrogen) atoms. The lowest BCUT2D eigenvalue weighted by Crippen LogP contribution is -2.24. The van der Waals surface area contributed by atoms with Crippen molar-refractivity contribution in [2.24, 2.45) is 7.05 Å². The van der Waals surface area contributed by atoms with Gasteiger partial charge in [0.25, 0.3) is 5.91 Å². The molecule has 0 atom stereocenters. The van der Waals surface area contributed by atoms with Crippen LogP contribution in [0.15, 0.2) is 47.6 Å². The molecule has 0 saturated carbocycles. The number of nitrogens with zero attached hydrogens (tertiary/aromatic N) is 3. The normalized spacial score (nSPS) is 10.9. The first kappa shape index (κ1) is 24.2. The highest BCUT2D eigenvalue weighted by molar-refractivity contribution is 14.1. The van der Waals surface area contributed by atoms with Gasteiger partial charge in [0.1, 0.15) is 0 Å². The van der Waals surface area contributed by atoms with Crippen molar-refractivity contribution in [2.75, 3.05) is 11.1 Å². The maximum atomic E-state index is 12.5. The molecule has 1 aromatic heterocycles. The second-order valence-corrected chi connectivity index (χ2v) is 9.92. The number of thioether (sulfide) groups is 1. The molecule has 0 bridgehead atoms. The minimum atomic E-state index is -0.167. The van der Waals surface area contributed by atoms with E-state index in [2.05, 4.69) is 63.3 Å². The van der Waals surface area contributed by atoms with E-state index in [1.807, 2.05) is 38.2 Å². The number of halogens is 1. The van der Waals surface area contributed by atoms with Crippen molar-refractivity contribution in [3.8, 4) is 0 Å². The van der Waals surface area contributed by atoms with Crippen LogP contribution in [0.4, 0.5) is 5.69 Å². The van der Waals surface area contributed by atoms with Gasteiger partial charge in [-0.25, -0.2) is 0 Å². The molecule has 2 amide bonds. The van der Waals surface area contributed by atoms with Crippen LogP contribution in [-0.4, -0.2) is 32.3 Å². The average molecular weight is 563 g/mol. The molecule has 7 nitrogen and oxygen atoms in total. The number of amides is 2. The van der Waals surface area contributed by atoms with E-state index in [-0.39, 0.29) is 24.1 Å². The molecule has 2 N–H and O–H groups in total. The van der Waals surface area contributed by atoms with Crippen LogP contribution < -0.4 is 10.6 Å². The molecule has 0 aliphatic carbocycles. The van der Waals surface area contributed by atoms with Gasteiger partial charge in [0.15, 0.2) is 11.0 Å². The van der Waals surface area contributed by atoms with Gasteiger partial charge in [-0.3, -0.25) is 9.59 Å². The van der Waals surface area contributed by atoms with Crippen LogP contribution in [0.25, 0.3) is 0 Å². The monoisotopic (exact) mass is 563 g/mol. The number of hydrogen-bond donors (Lipinski definition) is 2. The zero-order chi connectivity index (χ0) is 23.3. The summed E-state index contributed by atoms with van der Waals surface area (Å²) in [6.45, 7) is 6.44. The fourth-order valence-corrected chi connectivity index (χ4v) is 4.28. The van der Waals surface area contributed by atoms with E-state index in [1.165, 1.54) is 11.8 Å². The Kier molecular flexibility index (Phi) is 8.30. The molecule has 0 aliphatic heterocycles. The van der Waals surface area contributed by atoms with Crippen molar-refractivity contribution < 1.29 is 9.59 Å². The Morgan fingerprint density at radius 3 is 2.53 bits per heavy atom. The zero-order valence-corrected chi connectivity index (χ0v) is 21.5. The van der Waals surface area contributed by atoms with Gasteiger partial charge in [0, 0.05) is 21.9 Å². The number of nitrogens with one attached hydrogen (secondary N) is 2. The molecule has 2 aromatic carbocycles. The van der Waals surface area contributed by atoms with Crippen molar-refractivity contribution in [3.63, 3.8) is 0 Å². The number of aromatic nitrogens is 3. The minimum absolute atomic E-state index is 0.102. The summed E-state index contributed by atoms with van der Waals surface area (Å²) < 4.78 is 2.93. The van der Waals surface area contributed by atoms with Gasteiger partial charge in [0.2, 0.25) is 5.91 Å². The first-order valence-electron chi connectivity index (χ1n) is 10.2. The Hall–Kier alpha value is -2.40. The lowest BCUT2D eigenvalue weighted by atomic mass is 10.0. The Bertz CT molecular complexity index is 1110. The smallest absolute Gasteiger partial charge is 0.251 e. The number of rotatable bonds is 8. The SMILES string of the molecule is Cc1ccc(C(=O)NCc2nnc(SCC(=O)Nc3ccc(I)cc3C(C)C)n2C)cc1. The van der Waals surface area contributed by atoms with Gasteiger partial charge in [-0.05, 0) is 71.3 Å². The van der Waals surface area contributed by atoms with Crippen LogP contribution >= 0.6 is 34.4 Å². The number of benzene rings is 2. The van der Waals surface area contributed by atoms with Crippen molar-refractivity contribution in [1.29, 1.82) is 0 Å². The number of carbonyl (C=O) groups is 2. The van der Waals surface area contributed by atoms with Crippen LogP contribution in [-0.2, 0) is 18.4 Å². The summed E-state index contributed by atoms with van der Waals surface area (Å²) in [7, 11) is 1.82. The maximum Gasteiger partial charge on any atom is 0.251 e. The summed E-state index contributed by atoms with van der Waals surface area (Å²) in [5.74, 6) is 0.873. The van der Waals surface area contributed by atoms with Gasteiger partial charge in [-0.15, -0.1) is 10.2 Å². The molecular formula is C23H26IN5O2S. The molecule has 3 rings (SSSR count). The van der Waals surface area contributed by atoms with Gasteiger partial charge >= 0.3 is 0 Å². The van der Waals surface area contributed by atoms with Crippen LogP contribution in [0, 0.1) is 10.5 Å². The minimum Gasteiger partial charge on any atom is -0.345 e. The van der Waals surface area contributed by atoms with Gasteiger partial charge in [0.05, 0.1) is 12.3 Å². The lowest BCUT2D eigenvalue weighted by Gasteiger charge is -2.14. The standard InChI is InChI=1S/C23H26IN5O2S/c1-14(2)18-11-17(24)9-10-19(18)26-21(30)13-32-23-28-27-20(29(23)4)12-25-22(31)16-7-5-15(3)6-8-16/h5-11,14H,12-13H2,1-4H3,(H,25,31)(H,26,30). The summed E-state index contributed by atoms with van der Waals surface area (Å²) >= 11 is 3.58. The highest BCUT2D eigenvalue weighted by atomic mass is 127. The molecule has 0 aliphatic rings. The second kappa shape index (κ2) is 11.0. The Morgan fingerprint density at radius 1 is 1.12 bits per heavy atom. The molecule has 9 heteroatoms. The summed E-state index contributed by atoms with van der Waals surface area (Å²) in [6.07, 6.45) is 0. The third kappa shape index (κ3) is 6.32. The van der Waals surface area contributed by atoms with Crippen LogP contribution in [0.1, 0.15) is 47.1 Å². The predicted octanol–water partition coefficient (Wildman–Crippen LogP) is 4.51. The average Bonchev–Trinajstić information content (AvgIpc) is 3.11. The summed E-state index contributed by atoms with van der Waals surface area (Å²) in [4.78, 5) is 24.8. The van der Waals surface area contributed by atoms with Gasteiger partial charge < -0.3 is 15.2 Å². The molecule has 168 valence electrons. The highest BCUT2D eigenvalue weighted by Crippen LogP contribution is 2.26. The maximum absolute atomic E-state index is 12.5. The Balaban J connectivity index is 1.55. The topological polar surface area (TPSA) is 88.9 Å². The van der Waals surface area contributed by atoms with Gasteiger partial charge in [-0.2, -0.15) is 0 Å². The molecule has 0 unspecified atom stereocenters. The molecule has 0 saturated heterocycles. The predicted molar refractivity (Wildman–Crippen MR) is 136 cm³/mol. The number of aryl methyl sites for hydroxylation is 1. The third-order valence-electron chi connectivity index (χ3n) is 4.89. The Labute approximate surface area is 205 Å². The van der Waals surface area contributed by atoms with E-state index in [1.54, 1.807) is 16.7 Å². The van der Waals surface area contributed by atoms with Gasteiger partial charge in [-0.1, -0.05) is 43.3 Å². The second-order valence-electron chi connectivity index (χ2n) is 7.73. The summed E-state index contributed by atoms with van der Waals surface area (Å²) in [6, 6.07) is 13.4. The van der Waals surface area contributed by atoms with E-state index < -0.39 is 0 Å². The van der Waals surface area contributed by atoms with Crippen LogP contribution in [0.2, 0.25) is 0 Å². The molecule has 3 aromatic rings. The van der Waals surface area contributed by atoms with Crippen molar-refractivity contribution in [3.05, 3.63) is 68.5 Å². The fourth-order valence-electron chi connectivity index (χ4n) is 3.03. The first-order valence-corrected chi connectivity index (χ1v) is 12.3. The quantitative estimate of drug-likeness (QED) is 0.311. The van der Waals surface area contributed by atoms with E-state index in [4.69, 9.17) is 0 Å². The first-order chi connectivity index (χ1) is 15.2. The molecular weight excluding hydrogens is 537 g/mol. The van der Waals surface area contributed by atoms with Crippen LogP contribution in [0.3, 0.4) is 0 Å². The number of carbonyl (C=O) groups excluding carboxylic acids is 2. The van der Waals surface area contributed by atoms with Crippen molar-refractivity contribution in [1.82, 2.24) is 20.1 Å². The molecule has 0 spiro atoms.